The molecule has 0 radical (unpaired) electrons. The zero-order valence-electron chi connectivity index (χ0n) is 16.6. The van der Waals surface area contributed by atoms with Crippen molar-refractivity contribution in [2.75, 3.05) is 12.4 Å². The Morgan fingerprint density at radius 3 is 2.55 bits per heavy atom. The second-order valence-electron chi connectivity index (χ2n) is 6.43. The summed E-state index contributed by atoms with van der Waals surface area (Å²) in [5.74, 6) is -0.284. The Bertz CT molecular complexity index is 1150. The summed E-state index contributed by atoms with van der Waals surface area (Å²) in [5.41, 5.74) is 1.42. The molecule has 0 unspecified atom stereocenters. The number of halogens is 2. The van der Waals surface area contributed by atoms with Crippen LogP contribution in [0.25, 0.3) is 6.08 Å². The summed E-state index contributed by atoms with van der Waals surface area (Å²) in [4.78, 5) is 12.4. The lowest BCUT2D eigenvalue weighted by Gasteiger charge is -2.12. The number of para-hydroxylation sites is 1. The molecule has 7 heteroatoms. The van der Waals surface area contributed by atoms with Crippen molar-refractivity contribution in [3.05, 3.63) is 92.8 Å². The average Bonchev–Trinajstić information content (AvgIpc) is 2.78. The number of nitrogens with zero attached hydrogens (tertiary/aromatic N) is 1. The largest absolute Gasteiger partial charge is 0.493 e. The quantitative estimate of drug-likeness (QED) is 0.248. The number of carbonyl (C=O) groups excluding carboxylic acids is 1. The number of amides is 1. The van der Waals surface area contributed by atoms with Crippen LogP contribution in [-0.4, -0.2) is 13.0 Å². The first-order valence-corrected chi connectivity index (χ1v) is 10.3. The number of hydrogen-bond acceptors (Lipinski definition) is 4. The van der Waals surface area contributed by atoms with Crippen LogP contribution >= 0.6 is 22.6 Å². The number of rotatable bonds is 7. The van der Waals surface area contributed by atoms with Gasteiger partial charge >= 0.3 is 0 Å². The van der Waals surface area contributed by atoms with Crippen molar-refractivity contribution >= 4 is 40.3 Å². The fourth-order valence-electron chi connectivity index (χ4n) is 2.70. The van der Waals surface area contributed by atoms with Gasteiger partial charge in [-0.3, -0.25) is 4.79 Å². The standard InChI is InChI=1S/C24H18FIN2O3/c1-30-23-13-17(8-11-22(23)31-15-16-6-9-19(26)10-7-16)12-18(14-27)24(29)28-21-5-3-2-4-20(21)25/h2-13H,15H2,1H3,(H,28,29)/b18-12-. The van der Waals surface area contributed by atoms with E-state index in [0.29, 0.717) is 23.7 Å². The maximum absolute atomic E-state index is 13.8. The third-order valence-corrected chi connectivity index (χ3v) is 5.01. The van der Waals surface area contributed by atoms with Crippen LogP contribution < -0.4 is 14.8 Å². The van der Waals surface area contributed by atoms with E-state index in [1.165, 1.54) is 31.4 Å². The van der Waals surface area contributed by atoms with E-state index in [9.17, 15) is 14.4 Å². The Labute approximate surface area is 193 Å². The van der Waals surface area contributed by atoms with Crippen LogP contribution in [0.15, 0.2) is 72.3 Å². The first-order valence-electron chi connectivity index (χ1n) is 9.23. The van der Waals surface area contributed by atoms with Gasteiger partial charge in [0.15, 0.2) is 11.5 Å². The van der Waals surface area contributed by atoms with Crippen LogP contribution in [0, 0.1) is 20.7 Å². The lowest BCUT2D eigenvalue weighted by Crippen LogP contribution is -2.14. The van der Waals surface area contributed by atoms with Crippen LogP contribution in [0.2, 0.25) is 0 Å². The van der Waals surface area contributed by atoms with E-state index < -0.39 is 11.7 Å². The van der Waals surface area contributed by atoms with Gasteiger partial charge < -0.3 is 14.8 Å². The van der Waals surface area contributed by atoms with Gasteiger partial charge in [-0.1, -0.05) is 30.3 Å². The van der Waals surface area contributed by atoms with Crippen molar-refractivity contribution in [3.63, 3.8) is 0 Å². The number of nitriles is 1. The van der Waals surface area contributed by atoms with Crippen molar-refractivity contribution < 1.29 is 18.7 Å². The summed E-state index contributed by atoms with van der Waals surface area (Å²) in [7, 11) is 1.51. The molecule has 31 heavy (non-hydrogen) atoms. The molecule has 0 spiro atoms. The molecule has 0 aliphatic carbocycles. The summed E-state index contributed by atoms with van der Waals surface area (Å²) in [6.45, 7) is 0.372. The zero-order chi connectivity index (χ0) is 22.2. The molecular weight excluding hydrogens is 510 g/mol. The highest BCUT2D eigenvalue weighted by molar-refractivity contribution is 14.1. The molecule has 156 valence electrons. The summed E-state index contributed by atoms with van der Waals surface area (Å²) >= 11 is 2.24. The molecular formula is C24H18FIN2O3. The Hall–Kier alpha value is -3.38. The van der Waals surface area contributed by atoms with Gasteiger partial charge in [0, 0.05) is 3.57 Å². The van der Waals surface area contributed by atoms with Gasteiger partial charge in [0.05, 0.1) is 12.8 Å². The summed E-state index contributed by atoms with van der Waals surface area (Å²) in [5, 5.41) is 11.8. The molecule has 0 fully saturated rings. The summed E-state index contributed by atoms with van der Waals surface area (Å²) < 4.78 is 26.1. The smallest absolute Gasteiger partial charge is 0.266 e. The molecule has 3 aromatic rings. The molecule has 0 bridgehead atoms. The minimum atomic E-state index is -0.703. The molecule has 1 amide bonds. The molecule has 0 saturated carbocycles. The zero-order valence-corrected chi connectivity index (χ0v) is 18.7. The number of methoxy groups -OCH3 is 1. The average molecular weight is 528 g/mol. The van der Waals surface area contributed by atoms with Crippen LogP contribution in [0.3, 0.4) is 0 Å². The second-order valence-corrected chi connectivity index (χ2v) is 7.67. The number of ether oxygens (including phenoxy) is 2. The van der Waals surface area contributed by atoms with Crippen LogP contribution in [0.5, 0.6) is 11.5 Å². The van der Waals surface area contributed by atoms with Crippen molar-refractivity contribution in [1.29, 1.82) is 5.26 Å². The van der Waals surface area contributed by atoms with Crippen molar-refractivity contribution in [1.82, 2.24) is 0 Å². The number of nitrogens with one attached hydrogen (secondary N) is 1. The van der Waals surface area contributed by atoms with Gasteiger partial charge in [-0.15, -0.1) is 0 Å². The molecule has 1 N–H and O–H groups in total. The Morgan fingerprint density at radius 1 is 1.13 bits per heavy atom. The maximum Gasteiger partial charge on any atom is 0.266 e. The lowest BCUT2D eigenvalue weighted by atomic mass is 10.1. The number of anilines is 1. The molecule has 3 rings (SSSR count). The predicted molar refractivity (Wildman–Crippen MR) is 125 cm³/mol. The second kappa shape index (κ2) is 10.6. The van der Waals surface area contributed by atoms with Crippen LogP contribution in [0.1, 0.15) is 11.1 Å². The number of carbonyl (C=O) groups is 1. The first kappa shape index (κ1) is 22.3. The fraction of sp³-hybridized carbons (Fsp3) is 0.0833. The molecule has 5 nitrogen and oxygen atoms in total. The molecule has 0 aromatic heterocycles. The van der Waals surface area contributed by atoms with E-state index in [1.54, 1.807) is 24.3 Å². The lowest BCUT2D eigenvalue weighted by molar-refractivity contribution is -0.112. The summed E-state index contributed by atoms with van der Waals surface area (Å²) in [6.07, 6.45) is 1.40. The van der Waals surface area contributed by atoms with Gasteiger partial charge in [-0.2, -0.15) is 5.26 Å². The molecule has 0 aliphatic rings. The van der Waals surface area contributed by atoms with Crippen molar-refractivity contribution in [2.45, 2.75) is 6.61 Å². The normalized spacial score (nSPS) is 10.8. The Kier molecular flexibility index (Phi) is 7.62. The SMILES string of the molecule is COc1cc(/C=C(/C#N)C(=O)Nc2ccccc2F)ccc1OCc1ccc(I)cc1. The van der Waals surface area contributed by atoms with Crippen molar-refractivity contribution in [3.8, 4) is 17.6 Å². The fourth-order valence-corrected chi connectivity index (χ4v) is 3.06. The highest BCUT2D eigenvalue weighted by Gasteiger charge is 2.13. The minimum Gasteiger partial charge on any atom is -0.493 e. The monoisotopic (exact) mass is 528 g/mol. The van der Waals surface area contributed by atoms with Gasteiger partial charge in [-0.25, -0.2) is 4.39 Å². The first-order chi connectivity index (χ1) is 15.0. The topological polar surface area (TPSA) is 71.3 Å². The molecule has 0 atom stereocenters. The van der Waals surface area contributed by atoms with Gasteiger partial charge in [0.25, 0.3) is 5.91 Å². The maximum atomic E-state index is 13.8. The van der Waals surface area contributed by atoms with E-state index >= 15 is 0 Å². The van der Waals surface area contributed by atoms with Gasteiger partial charge in [0.2, 0.25) is 0 Å². The Morgan fingerprint density at radius 2 is 1.87 bits per heavy atom. The summed E-state index contributed by atoms with van der Waals surface area (Å²) in [6, 6.07) is 20.7. The van der Waals surface area contributed by atoms with Crippen LogP contribution in [0.4, 0.5) is 10.1 Å². The van der Waals surface area contributed by atoms with E-state index in [2.05, 4.69) is 27.9 Å². The molecule has 0 heterocycles. The number of hydrogen-bond donors (Lipinski definition) is 1. The highest BCUT2D eigenvalue weighted by Crippen LogP contribution is 2.30. The van der Waals surface area contributed by atoms with Crippen molar-refractivity contribution in [2.24, 2.45) is 0 Å². The van der Waals surface area contributed by atoms with Crippen LogP contribution in [-0.2, 0) is 11.4 Å². The van der Waals surface area contributed by atoms with E-state index in [1.807, 2.05) is 30.3 Å². The Balaban J connectivity index is 1.75. The predicted octanol–water partition coefficient (Wildman–Crippen LogP) is 5.56. The van der Waals surface area contributed by atoms with E-state index in [0.717, 1.165) is 9.13 Å². The van der Waals surface area contributed by atoms with Gasteiger partial charge in [-0.05, 0) is 76.2 Å². The minimum absolute atomic E-state index is 0.00516. The third kappa shape index (κ3) is 6.06. The van der Waals surface area contributed by atoms with Gasteiger partial charge in [0.1, 0.15) is 24.1 Å². The number of benzene rings is 3. The molecule has 0 aliphatic heterocycles. The highest BCUT2D eigenvalue weighted by atomic mass is 127. The third-order valence-electron chi connectivity index (χ3n) is 4.29. The molecule has 0 saturated heterocycles. The molecule has 3 aromatic carbocycles. The van der Waals surface area contributed by atoms with E-state index in [4.69, 9.17) is 9.47 Å². The van der Waals surface area contributed by atoms with E-state index in [-0.39, 0.29) is 11.3 Å².